The lowest BCUT2D eigenvalue weighted by molar-refractivity contribution is -0.272. The maximum Gasteiger partial charge on any atom is 0.417 e. The topological polar surface area (TPSA) is 77.8 Å². The van der Waals surface area contributed by atoms with Crippen molar-refractivity contribution in [2.24, 2.45) is 5.92 Å². The molecule has 0 bridgehead atoms. The summed E-state index contributed by atoms with van der Waals surface area (Å²) >= 11 is 0. The van der Waals surface area contributed by atoms with Crippen LogP contribution >= 0.6 is 0 Å². The molecule has 0 saturated carbocycles. The first-order valence-electron chi connectivity index (χ1n) is 9.85. The van der Waals surface area contributed by atoms with Gasteiger partial charge in [0, 0.05) is 17.4 Å². The van der Waals surface area contributed by atoms with E-state index in [0.717, 1.165) is 26.2 Å². The zero-order valence-electron chi connectivity index (χ0n) is 17.7. The van der Waals surface area contributed by atoms with Crippen molar-refractivity contribution >= 4 is 17.1 Å². The van der Waals surface area contributed by atoms with Crippen molar-refractivity contribution in [3.63, 3.8) is 0 Å². The Kier molecular flexibility index (Phi) is 5.51. The maximum atomic E-state index is 14.4. The van der Waals surface area contributed by atoms with Crippen LogP contribution in [0.5, 0.6) is 5.75 Å². The molecule has 12 heteroatoms. The van der Waals surface area contributed by atoms with E-state index in [1.807, 2.05) is 0 Å². The van der Waals surface area contributed by atoms with Crippen molar-refractivity contribution in [2.45, 2.75) is 37.6 Å². The first-order chi connectivity index (χ1) is 15.5. The minimum atomic E-state index is -4.84. The first-order valence-corrected chi connectivity index (χ1v) is 9.85. The number of nitrogens with one attached hydrogen (secondary N) is 1. The molecule has 1 amide bonds. The molecule has 0 aliphatic carbocycles. The van der Waals surface area contributed by atoms with Gasteiger partial charge in [-0.2, -0.15) is 17.6 Å². The molecule has 2 aromatic heterocycles. The Morgan fingerprint density at radius 2 is 1.97 bits per heavy atom. The molecule has 0 radical (unpaired) electrons. The summed E-state index contributed by atoms with van der Waals surface area (Å²) in [5.74, 6) is -6.71. The van der Waals surface area contributed by atoms with Gasteiger partial charge in [0.1, 0.15) is 6.10 Å². The molecule has 0 unspecified atom stereocenters. The van der Waals surface area contributed by atoms with Crippen LogP contribution in [0.4, 0.5) is 27.6 Å². The van der Waals surface area contributed by atoms with Crippen LogP contribution in [0, 0.1) is 17.6 Å². The van der Waals surface area contributed by atoms with Crippen molar-refractivity contribution in [3.8, 4) is 5.75 Å². The number of aromatic nitrogens is 3. The van der Waals surface area contributed by atoms with Crippen LogP contribution in [-0.2, 0) is 9.53 Å². The van der Waals surface area contributed by atoms with Crippen LogP contribution in [0.2, 0.25) is 0 Å². The van der Waals surface area contributed by atoms with Crippen LogP contribution in [0.3, 0.4) is 0 Å². The Labute approximate surface area is 184 Å². The second kappa shape index (κ2) is 7.94. The highest BCUT2D eigenvalue weighted by Crippen LogP contribution is 2.55. The van der Waals surface area contributed by atoms with Gasteiger partial charge in [-0.3, -0.25) is 4.79 Å². The van der Waals surface area contributed by atoms with Gasteiger partial charge >= 0.3 is 6.18 Å². The fourth-order valence-electron chi connectivity index (χ4n) is 4.15. The number of halogens is 5. The zero-order chi connectivity index (χ0) is 24.1. The minimum absolute atomic E-state index is 0.108. The highest BCUT2D eigenvalue weighted by molar-refractivity contribution is 5.95. The van der Waals surface area contributed by atoms with Crippen LogP contribution < -0.4 is 10.1 Å². The van der Waals surface area contributed by atoms with Gasteiger partial charge in [-0.25, -0.2) is 8.91 Å². The highest BCUT2D eigenvalue weighted by Gasteiger charge is 2.65. The average molecular weight is 470 g/mol. The number of nitrogens with zero attached hydrogens (tertiary/aromatic N) is 3. The summed E-state index contributed by atoms with van der Waals surface area (Å²) in [5, 5.41) is 10.0. The molecule has 4 atom stereocenters. The fourth-order valence-corrected chi connectivity index (χ4v) is 4.15. The lowest BCUT2D eigenvalue weighted by Gasteiger charge is -2.32. The van der Waals surface area contributed by atoms with E-state index in [-0.39, 0.29) is 11.3 Å². The third-order valence-electron chi connectivity index (χ3n) is 6.14. The molecule has 7 nitrogen and oxygen atoms in total. The average Bonchev–Trinajstić information content (AvgIpc) is 3.32. The highest BCUT2D eigenvalue weighted by atomic mass is 19.4. The number of anilines is 1. The van der Waals surface area contributed by atoms with E-state index in [9.17, 15) is 26.7 Å². The molecular formula is C21H19F5N4O3. The minimum Gasteiger partial charge on any atom is -0.493 e. The standard InChI is InChI=1S/C21H19F5N4O3/c1-10-15(13-6-7-14(22)16(23)17(13)32-3)18(33-20(10,2)21(24,25)26)19(31)28-11-4-5-12-8-27-29-30(12)9-11/h4-10,15,18H,1-3H3,(H,28,31)/t10-,15-,18+,20+/m0/s1. The number of hydrogen-bond acceptors (Lipinski definition) is 5. The summed E-state index contributed by atoms with van der Waals surface area (Å²) < 4.78 is 81.7. The number of hydrogen-bond donors (Lipinski definition) is 1. The number of carbonyl (C=O) groups excluding carboxylic acids is 1. The molecule has 1 N–H and O–H groups in total. The number of alkyl halides is 3. The largest absolute Gasteiger partial charge is 0.493 e. The molecule has 1 aliphatic rings. The van der Waals surface area contributed by atoms with Gasteiger partial charge in [-0.15, -0.1) is 5.10 Å². The summed E-state index contributed by atoms with van der Waals surface area (Å²) in [6.07, 6.45) is -3.62. The van der Waals surface area contributed by atoms with E-state index in [4.69, 9.17) is 9.47 Å². The number of rotatable bonds is 4. The Bertz CT molecular complexity index is 1210. The second-order valence-corrected chi connectivity index (χ2v) is 7.95. The van der Waals surface area contributed by atoms with Crippen molar-refractivity contribution in [1.29, 1.82) is 0 Å². The van der Waals surface area contributed by atoms with E-state index in [1.165, 1.54) is 29.9 Å². The van der Waals surface area contributed by atoms with E-state index in [1.54, 1.807) is 6.07 Å². The SMILES string of the molecule is COc1c([C@H]2[C@H](C(=O)Nc3ccc4cnnn4c3)O[C@@](C)(C(F)(F)F)[C@H]2C)ccc(F)c1F. The Balaban J connectivity index is 1.76. The first kappa shape index (κ1) is 22.9. The van der Waals surface area contributed by atoms with Gasteiger partial charge in [0.2, 0.25) is 5.82 Å². The molecule has 176 valence electrons. The summed E-state index contributed by atoms with van der Waals surface area (Å²) in [4.78, 5) is 13.1. The number of pyridine rings is 1. The summed E-state index contributed by atoms with van der Waals surface area (Å²) in [5.41, 5.74) is -1.98. The molecule has 1 aromatic carbocycles. The summed E-state index contributed by atoms with van der Waals surface area (Å²) in [6, 6.07) is 5.00. The predicted molar refractivity (Wildman–Crippen MR) is 106 cm³/mol. The summed E-state index contributed by atoms with van der Waals surface area (Å²) in [6.45, 7) is 2.07. The Morgan fingerprint density at radius 1 is 1.24 bits per heavy atom. The molecule has 1 aliphatic heterocycles. The number of fused-ring (bicyclic) bond motifs is 1. The van der Waals surface area contributed by atoms with Gasteiger partial charge < -0.3 is 14.8 Å². The molecule has 1 saturated heterocycles. The normalized spacial score (nSPS) is 25.4. The molecule has 1 fully saturated rings. The van der Waals surface area contributed by atoms with Gasteiger partial charge in [-0.05, 0) is 25.1 Å². The van der Waals surface area contributed by atoms with Crippen molar-refractivity contribution in [2.75, 3.05) is 12.4 Å². The van der Waals surface area contributed by atoms with Gasteiger partial charge in [0.15, 0.2) is 17.2 Å². The monoisotopic (exact) mass is 470 g/mol. The van der Waals surface area contributed by atoms with Crippen LogP contribution in [-0.4, -0.2) is 45.7 Å². The molecular weight excluding hydrogens is 451 g/mol. The van der Waals surface area contributed by atoms with Crippen molar-refractivity contribution < 1.29 is 36.2 Å². The number of ether oxygens (including phenoxy) is 2. The van der Waals surface area contributed by atoms with Crippen LogP contribution in [0.25, 0.3) is 5.52 Å². The number of benzene rings is 1. The smallest absolute Gasteiger partial charge is 0.417 e. The molecule has 3 aromatic rings. The Morgan fingerprint density at radius 3 is 2.64 bits per heavy atom. The predicted octanol–water partition coefficient (Wildman–Crippen LogP) is 4.09. The molecule has 0 spiro atoms. The molecule has 33 heavy (non-hydrogen) atoms. The lowest BCUT2D eigenvalue weighted by Crippen LogP contribution is -2.47. The number of amides is 1. The quantitative estimate of drug-likeness (QED) is 0.582. The van der Waals surface area contributed by atoms with E-state index in [0.29, 0.717) is 5.52 Å². The number of methoxy groups -OCH3 is 1. The van der Waals surface area contributed by atoms with E-state index >= 15 is 0 Å². The van der Waals surface area contributed by atoms with Crippen LogP contribution in [0.1, 0.15) is 25.3 Å². The van der Waals surface area contributed by atoms with Crippen molar-refractivity contribution in [3.05, 3.63) is 53.9 Å². The van der Waals surface area contributed by atoms with Gasteiger partial charge in [0.25, 0.3) is 5.91 Å². The third kappa shape index (κ3) is 3.67. The summed E-state index contributed by atoms with van der Waals surface area (Å²) in [7, 11) is 1.06. The molecule has 3 heterocycles. The Hall–Kier alpha value is -3.28. The second-order valence-electron chi connectivity index (χ2n) is 7.95. The van der Waals surface area contributed by atoms with Crippen molar-refractivity contribution in [1.82, 2.24) is 14.8 Å². The third-order valence-corrected chi connectivity index (χ3v) is 6.14. The van der Waals surface area contributed by atoms with Gasteiger partial charge in [0.05, 0.1) is 30.7 Å². The lowest BCUT2D eigenvalue weighted by atomic mass is 9.77. The van der Waals surface area contributed by atoms with Crippen LogP contribution in [0.15, 0.2) is 36.7 Å². The zero-order valence-corrected chi connectivity index (χ0v) is 17.7. The van der Waals surface area contributed by atoms with E-state index in [2.05, 4.69) is 15.6 Å². The maximum absolute atomic E-state index is 14.4. The molecule has 4 rings (SSSR count). The van der Waals surface area contributed by atoms with E-state index < -0.39 is 53.0 Å². The fraction of sp³-hybridized carbons (Fsp3) is 0.381. The number of carbonyl (C=O) groups is 1. The van der Waals surface area contributed by atoms with Gasteiger partial charge in [-0.1, -0.05) is 18.2 Å².